The zero-order valence-corrected chi connectivity index (χ0v) is 13.2. The molecule has 1 unspecified atom stereocenters. The molecule has 0 saturated carbocycles. The number of β-amino-alcohol motifs (C(OH)–C–C–N with tert-alkyl or cyclic N) is 1. The minimum Gasteiger partial charge on any atom is -0.491 e. The maximum atomic E-state index is 11.4. The van der Waals surface area contributed by atoms with Crippen LogP contribution < -0.4 is 10.5 Å². The first-order valence-electron chi connectivity index (χ1n) is 7.54. The monoisotopic (exact) mass is 307 g/mol. The molecule has 6 heteroatoms. The lowest BCUT2D eigenvalue weighted by Crippen LogP contribution is -2.63. The molecule has 1 aromatic carbocycles. The molecule has 1 aliphatic heterocycles. The highest BCUT2D eigenvalue weighted by Gasteiger charge is 2.36. The van der Waals surface area contributed by atoms with E-state index >= 15 is 0 Å². The normalized spacial score (nSPS) is 19.7. The van der Waals surface area contributed by atoms with E-state index in [4.69, 9.17) is 10.5 Å². The van der Waals surface area contributed by atoms with Crippen LogP contribution in [0.4, 0.5) is 4.79 Å². The Balaban J connectivity index is 1.80. The van der Waals surface area contributed by atoms with Gasteiger partial charge in [0.15, 0.2) is 0 Å². The van der Waals surface area contributed by atoms with Crippen molar-refractivity contribution in [1.29, 1.82) is 0 Å². The number of hydrogen-bond donors (Lipinski definition) is 2. The molecule has 0 radical (unpaired) electrons. The number of aliphatic hydroxyl groups is 1. The average molecular weight is 307 g/mol. The molecule has 1 atom stereocenters. The predicted molar refractivity (Wildman–Crippen MR) is 84.8 cm³/mol. The zero-order valence-electron chi connectivity index (χ0n) is 13.2. The first kappa shape index (κ1) is 16.6. The Bertz CT molecular complexity index is 493. The van der Waals surface area contributed by atoms with Crippen LogP contribution in [0.25, 0.3) is 0 Å². The lowest BCUT2D eigenvalue weighted by atomic mass is 9.99. The highest BCUT2D eigenvalue weighted by Crippen LogP contribution is 2.20. The number of carbonyl (C=O) groups is 1. The fraction of sp³-hybridized carbons (Fsp3) is 0.562. The van der Waals surface area contributed by atoms with E-state index in [1.165, 1.54) is 0 Å². The molecule has 2 rings (SSSR count). The number of benzene rings is 1. The second-order valence-corrected chi connectivity index (χ2v) is 6.32. The molecule has 0 aliphatic carbocycles. The maximum Gasteiger partial charge on any atom is 0.315 e. The van der Waals surface area contributed by atoms with Gasteiger partial charge in [-0.25, -0.2) is 4.79 Å². The molecule has 1 saturated heterocycles. The Morgan fingerprint density at radius 3 is 2.64 bits per heavy atom. The van der Waals surface area contributed by atoms with Crippen LogP contribution in [0.1, 0.15) is 13.8 Å². The van der Waals surface area contributed by atoms with Gasteiger partial charge in [0.25, 0.3) is 0 Å². The van der Waals surface area contributed by atoms with Crippen LogP contribution in [0, 0.1) is 0 Å². The Morgan fingerprint density at radius 1 is 1.36 bits per heavy atom. The second-order valence-electron chi connectivity index (χ2n) is 6.32. The van der Waals surface area contributed by atoms with Crippen molar-refractivity contribution >= 4 is 6.03 Å². The summed E-state index contributed by atoms with van der Waals surface area (Å²) in [4.78, 5) is 15.2. The second kappa shape index (κ2) is 6.98. The average Bonchev–Trinajstić information content (AvgIpc) is 2.45. The quantitative estimate of drug-likeness (QED) is 0.847. The third kappa shape index (κ3) is 4.35. The summed E-state index contributed by atoms with van der Waals surface area (Å²) in [6.07, 6.45) is -0.573. The molecule has 1 aliphatic rings. The summed E-state index contributed by atoms with van der Waals surface area (Å²) in [5.41, 5.74) is 5.07. The van der Waals surface area contributed by atoms with Gasteiger partial charge in [0.2, 0.25) is 0 Å². The van der Waals surface area contributed by atoms with E-state index in [9.17, 15) is 9.90 Å². The molecular weight excluding hydrogens is 282 g/mol. The van der Waals surface area contributed by atoms with E-state index in [0.717, 1.165) is 5.75 Å². The van der Waals surface area contributed by atoms with Gasteiger partial charge in [-0.15, -0.1) is 0 Å². The predicted octanol–water partition coefficient (Wildman–Crippen LogP) is 0.901. The van der Waals surface area contributed by atoms with E-state index < -0.39 is 12.1 Å². The number of piperazine rings is 1. The van der Waals surface area contributed by atoms with Crippen LogP contribution in [-0.4, -0.2) is 65.4 Å². The van der Waals surface area contributed by atoms with Crippen molar-refractivity contribution in [2.75, 3.05) is 32.8 Å². The van der Waals surface area contributed by atoms with Crippen molar-refractivity contribution in [3.8, 4) is 5.75 Å². The molecule has 6 nitrogen and oxygen atoms in total. The Labute approximate surface area is 131 Å². The first-order chi connectivity index (χ1) is 10.4. The van der Waals surface area contributed by atoms with Crippen molar-refractivity contribution in [2.24, 2.45) is 5.73 Å². The highest BCUT2D eigenvalue weighted by atomic mass is 16.5. The van der Waals surface area contributed by atoms with E-state index in [2.05, 4.69) is 4.90 Å². The smallest absolute Gasteiger partial charge is 0.315 e. The Hall–Kier alpha value is -1.79. The molecule has 1 heterocycles. The van der Waals surface area contributed by atoms with E-state index in [0.29, 0.717) is 26.2 Å². The molecule has 0 aromatic heterocycles. The Kier molecular flexibility index (Phi) is 5.26. The summed E-state index contributed by atoms with van der Waals surface area (Å²) in [5.74, 6) is 0.750. The summed E-state index contributed by atoms with van der Waals surface area (Å²) in [6.45, 7) is 6.69. The molecule has 1 aromatic rings. The van der Waals surface area contributed by atoms with Crippen LogP contribution in [0.5, 0.6) is 5.75 Å². The number of hydrogen-bond acceptors (Lipinski definition) is 4. The van der Waals surface area contributed by atoms with Gasteiger partial charge in [0.05, 0.1) is 5.54 Å². The maximum absolute atomic E-state index is 11.4. The third-order valence-electron chi connectivity index (χ3n) is 3.90. The van der Waals surface area contributed by atoms with Crippen molar-refractivity contribution in [3.05, 3.63) is 30.3 Å². The number of aliphatic hydroxyl groups excluding tert-OH is 1. The molecule has 3 N–H and O–H groups in total. The SMILES string of the molecule is CC1(C)CN(CC(O)COc2ccccc2)CCN1C(N)=O. The topological polar surface area (TPSA) is 79.0 Å². The van der Waals surface area contributed by atoms with Crippen molar-refractivity contribution in [1.82, 2.24) is 9.80 Å². The van der Waals surface area contributed by atoms with Crippen LogP contribution in [0.15, 0.2) is 30.3 Å². The lowest BCUT2D eigenvalue weighted by molar-refractivity contribution is 0.0116. The van der Waals surface area contributed by atoms with Crippen LogP contribution in [0.2, 0.25) is 0 Å². The summed E-state index contributed by atoms with van der Waals surface area (Å²) < 4.78 is 5.56. The summed E-state index contributed by atoms with van der Waals surface area (Å²) >= 11 is 0. The van der Waals surface area contributed by atoms with Crippen LogP contribution in [-0.2, 0) is 0 Å². The fourth-order valence-electron chi connectivity index (χ4n) is 2.88. The molecule has 1 fully saturated rings. The number of primary amides is 1. The summed E-state index contributed by atoms with van der Waals surface area (Å²) in [6, 6.07) is 9.05. The van der Waals surface area contributed by atoms with Crippen molar-refractivity contribution < 1.29 is 14.6 Å². The minimum absolute atomic E-state index is 0.250. The van der Waals surface area contributed by atoms with Gasteiger partial charge in [-0.1, -0.05) is 18.2 Å². The molecular formula is C16H25N3O3. The highest BCUT2D eigenvalue weighted by molar-refractivity contribution is 5.73. The van der Waals surface area contributed by atoms with Gasteiger partial charge in [-0.2, -0.15) is 0 Å². The number of para-hydroxylation sites is 1. The van der Waals surface area contributed by atoms with Gasteiger partial charge in [-0.3, -0.25) is 4.90 Å². The minimum atomic E-state index is -0.573. The van der Waals surface area contributed by atoms with E-state index in [-0.39, 0.29) is 12.1 Å². The number of ether oxygens (including phenoxy) is 1. The summed E-state index contributed by atoms with van der Waals surface area (Å²) in [7, 11) is 0. The zero-order chi connectivity index (χ0) is 16.2. The number of urea groups is 1. The van der Waals surface area contributed by atoms with E-state index in [1.807, 2.05) is 44.2 Å². The van der Waals surface area contributed by atoms with E-state index in [1.54, 1.807) is 4.90 Å². The third-order valence-corrected chi connectivity index (χ3v) is 3.90. The molecule has 2 amide bonds. The van der Waals surface area contributed by atoms with Crippen LogP contribution >= 0.6 is 0 Å². The number of amides is 2. The van der Waals surface area contributed by atoms with Crippen molar-refractivity contribution in [3.63, 3.8) is 0 Å². The largest absolute Gasteiger partial charge is 0.491 e. The number of nitrogens with two attached hydrogens (primary N) is 1. The number of nitrogens with zero attached hydrogens (tertiary/aromatic N) is 2. The van der Waals surface area contributed by atoms with Gasteiger partial charge in [0.1, 0.15) is 18.5 Å². The number of rotatable bonds is 5. The van der Waals surface area contributed by atoms with Crippen molar-refractivity contribution in [2.45, 2.75) is 25.5 Å². The van der Waals surface area contributed by atoms with Crippen LogP contribution in [0.3, 0.4) is 0 Å². The van der Waals surface area contributed by atoms with Gasteiger partial charge < -0.3 is 20.5 Å². The fourth-order valence-corrected chi connectivity index (χ4v) is 2.88. The van der Waals surface area contributed by atoms with Gasteiger partial charge in [0, 0.05) is 26.2 Å². The molecule has 122 valence electrons. The lowest BCUT2D eigenvalue weighted by Gasteiger charge is -2.46. The summed E-state index contributed by atoms with van der Waals surface area (Å²) in [5, 5.41) is 10.1. The van der Waals surface area contributed by atoms with Gasteiger partial charge >= 0.3 is 6.03 Å². The molecule has 0 bridgehead atoms. The first-order valence-corrected chi connectivity index (χ1v) is 7.54. The van der Waals surface area contributed by atoms with Gasteiger partial charge in [-0.05, 0) is 26.0 Å². The standard InChI is InChI=1S/C16H25N3O3/c1-16(2)12-18(8-9-19(16)15(17)21)10-13(20)11-22-14-6-4-3-5-7-14/h3-7,13,20H,8-12H2,1-2H3,(H2,17,21). The molecule has 0 spiro atoms. The molecule has 22 heavy (non-hydrogen) atoms. The Morgan fingerprint density at radius 2 is 2.05 bits per heavy atom. The number of carbonyl (C=O) groups excluding carboxylic acids is 1.